The largest absolute Gasteiger partial charge is 0.350 e. The summed E-state index contributed by atoms with van der Waals surface area (Å²) in [6, 6.07) is 1.99. The first kappa shape index (κ1) is 13.5. The number of rotatable bonds is 5. The molecule has 2 heterocycles. The molecule has 2 rings (SSSR count). The SMILES string of the molecule is CCN[C@H](C)CNC(=O)c1cnc2onc(C)c2c1. The van der Waals surface area contributed by atoms with E-state index in [0.717, 1.165) is 17.6 Å². The Bertz CT molecular complexity index is 579. The molecule has 0 aliphatic carbocycles. The first-order chi connectivity index (χ1) is 9.11. The van der Waals surface area contributed by atoms with Gasteiger partial charge in [0.1, 0.15) is 0 Å². The molecule has 0 radical (unpaired) electrons. The van der Waals surface area contributed by atoms with Crippen molar-refractivity contribution in [1.82, 2.24) is 20.8 Å². The fraction of sp³-hybridized carbons (Fsp3) is 0.462. The van der Waals surface area contributed by atoms with Gasteiger partial charge in [-0.2, -0.15) is 0 Å². The van der Waals surface area contributed by atoms with E-state index in [-0.39, 0.29) is 11.9 Å². The fourth-order valence-electron chi connectivity index (χ4n) is 1.84. The van der Waals surface area contributed by atoms with E-state index in [1.165, 1.54) is 6.20 Å². The molecule has 0 fully saturated rings. The van der Waals surface area contributed by atoms with Crippen molar-refractivity contribution in [2.24, 2.45) is 0 Å². The lowest BCUT2D eigenvalue weighted by molar-refractivity contribution is 0.0950. The molecule has 0 aromatic carbocycles. The van der Waals surface area contributed by atoms with Crippen LogP contribution in [0.4, 0.5) is 0 Å². The van der Waals surface area contributed by atoms with Crippen molar-refractivity contribution >= 4 is 17.0 Å². The molecule has 0 unspecified atom stereocenters. The third-order valence-corrected chi connectivity index (χ3v) is 2.89. The normalized spacial score (nSPS) is 12.6. The number of amides is 1. The van der Waals surface area contributed by atoms with Gasteiger partial charge in [0.05, 0.1) is 16.6 Å². The van der Waals surface area contributed by atoms with Crippen LogP contribution < -0.4 is 10.6 Å². The molecule has 1 amide bonds. The Morgan fingerprint density at radius 1 is 1.53 bits per heavy atom. The number of hydrogen-bond acceptors (Lipinski definition) is 5. The summed E-state index contributed by atoms with van der Waals surface area (Å²) in [7, 11) is 0. The van der Waals surface area contributed by atoms with Gasteiger partial charge in [-0.3, -0.25) is 4.79 Å². The number of aromatic nitrogens is 2. The average Bonchev–Trinajstić information content (AvgIpc) is 2.78. The number of nitrogens with one attached hydrogen (secondary N) is 2. The molecule has 19 heavy (non-hydrogen) atoms. The van der Waals surface area contributed by atoms with Crippen LogP contribution in [0.2, 0.25) is 0 Å². The Kier molecular flexibility index (Phi) is 4.11. The van der Waals surface area contributed by atoms with Gasteiger partial charge in [0.25, 0.3) is 11.6 Å². The van der Waals surface area contributed by atoms with Gasteiger partial charge in [0.2, 0.25) is 0 Å². The van der Waals surface area contributed by atoms with E-state index < -0.39 is 0 Å². The Morgan fingerprint density at radius 3 is 3.05 bits per heavy atom. The van der Waals surface area contributed by atoms with Crippen molar-refractivity contribution in [3.63, 3.8) is 0 Å². The summed E-state index contributed by atoms with van der Waals surface area (Å²) in [4.78, 5) is 16.1. The lowest BCUT2D eigenvalue weighted by Crippen LogP contribution is -2.38. The van der Waals surface area contributed by atoms with Gasteiger partial charge in [0.15, 0.2) is 0 Å². The number of pyridine rings is 1. The third-order valence-electron chi connectivity index (χ3n) is 2.89. The van der Waals surface area contributed by atoms with Crippen LogP contribution in [0.1, 0.15) is 29.9 Å². The van der Waals surface area contributed by atoms with Crippen LogP contribution in [-0.4, -0.2) is 35.2 Å². The van der Waals surface area contributed by atoms with Crippen LogP contribution in [0.3, 0.4) is 0 Å². The highest BCUT2D eigenvalue weighted by molar-refractivity contribution is 5.96. The van der Waals surface area contributed by atoms with Crippen LogP contribution in [0.15, 0.2) is 16.8 Å². The molecule has 6 nitrogen and oxygen atoms in total. The number of aryl methyl sites for hydroxylation is 1. The van der Waals surface area contributed by atoms with Crippen molar-refractivity contribution in [3.05, 3.63) is 23.5 Å². The van der Waals surface area contributed by atoms with E-state index in [4.69, 9.17) is 4.52 Å². The summed E-state index contributed by atoms with van der Waals surface area (Å²) < 4.78 is 5.01. The highest BCUT2D eigenvalue weighted by Crippen LogP contribution is 2.16. The Morgan fingerprint density at radius 2 is 2.32 bits per heavy atom. The van der Waals surface area contributed by atoms with Gasteiger partial charge >= 0.3 is 0 Å². The van der Waals surface area contributed by atoms with Crippen molar-refractivity contribution in [1.29, 1.82) is 0 Å². The van der Waals surface area contributed by atoms with E-state index in [2.05, 4.69) is 20.8 Å². The van der Waals surface area contributed by atoms with E-state index in [1.807, 2.05) is 20.8 Å². The van der Waals surface area contributed by atoms with Crippen LogP contribution in [-0.2, 0) is 0 Å². The summed E-state index contributed by atoms with van der Waals surface area (Å²) in [5.74, 6) is -0.139. The summed E-state index contributed by atoms with van der Waals surface area (Å²) >= 11 is 0. The summed E-state index contributed by atoms with van der Waals surface area (Å²) in [5, 5.41) is 10.7. The van der Waals surface area contributed by atoms with Crippen LogP contribution in [0.25, 0.3) is 11.1 Å². The number of likely N-dealkylation sites (N-methyl/N-ethyl adjacent to an activating group) is 1. The second-order valence-electron chi connectivity index (χ2n) is 4.51. The van der Waals surface area contributed by atoms with E-state index >= 15 is 0 Å². The van der Waals surface area contributed by atoms with Gasteiger partial charge in [-0.1, -0.05) is 12.1 Å². The van der Waals surface area contributed by atoms with Gasteiger partial charge in [-0.25, -0.2) is 4.98 Å². The molecule has 0 spiro atoms. The van der Waals surface area contributed by atoms with Crippen LogP contribution >= 0.6 is 0 Å². The smallest absolute Gasteiger partial charge is 0.257 e. The van der Waals surface area contributed by atoms with Crippen molar-refractivity contribution in [2.45, 2.75) is 26.8 Å². The number of carbonyl (C=O) groups excluding carboxylic acids is 1. The number of hydrogen-bond donors (Lipinski definition) is 2. The molecule has 1 atom stereocenters. The maximum Gasteiger partial charge on any atom is 0.257 e. The quantitative estimate of drug-likeness (QED) is 0.848. The van der Waals surface area contributed by atoms with Crippen molar-refractivity contribution < 1.29 is 9.32 Å². The summed E-state index contributed by atoms with van der Waals surface area (Å²) in [6.45, 7) is 7.33. The Hall–Kier alpha value is -1.95. The average molecular weight is 262 g/mol. The molecule has 2 N–H and O–H groups in total. The zero-order valence-corrected chi connectivity index (χ0v) is 11.4. The molecule has 0 saturated heterocycles. The van der Waals surface area contributed by atoms with Crippen LogP contribution in [0, 0.1) is 6.92 Å². The van der Waals surface area contributed by atoms with E-state index in [1.54, 1.807) is 6.07 Å². The third kappa shape index (κ3) is 3.08. The van der Waals surface area contributed by atoms with Gasteiger partial charge in [-0.15, -0.1) is 0 Å². The molecule has 0 bridgehead atoms. The first-order valence-electron chi connectivity index (χ1n) is 6.35. The topological polar surface area (TPSA) is 80.0 Å². The first-order valence-corrected chi connectivity index (χ1v) is 6.35. The van der Waals surface area contributed by atoms with Gasteiger partial charge in [0, 0.05) is 18.8 Å². The second-order valence-corrected chi connectivity index (χ2v) is 4.51. The highest BCUT2D eigenvalue weighted by atomic mass is 16.5. The lowest BCUT2D eigenvalue weighted by Gasteiger charge is -2.13. The monoisotopic (exact) mass is 262 g/mol. The molecule has 102 valence electrons. The summed E-state index contributed by atoms with van der Waals surface area (Å²) in [6.07, 6.45) is 1.50. The minimum absolute atomic E-state index is 0.139. The van der Waals surface area contributed by atoms with Crippen LogP contribution in [0.5, 0.6) is 0 Å². The zero-order valence-electron chi connectivity index (χ0n) is 11.4. The molecule has 0 aliphatic rings. The molecular formula is C13H18N4O2. The highest BCUT2D eigenvalue weighted by Gasteiger charge is 2.12. The molecule has 2 aromatic rings. The number of carbonyl (C=O) groups is 1. The maximum absolute atomic E-state index is 12.0. The van der Waals surface area contributed by atoms with Gasteiger partial charge in [-0.05, 0) is 26.5 Å². The molecule has 6 heteroatoms. The number of nitrogens with zero attached hydrogens (tertiary/aromatic N) is 2. The molecule has 0 aliphatic heterocycles. The molecular weight excluding hydrogens is 244 g/mol. The van der Waals surface area contributed by atoms with Gasteiger partial charge < -0.3 is 15.2 Å². The molecule has 0 saturated carbocycles. The predicted molar refractivity (Wildman–Crippen MR) is 72.0 cm³/mol. The Balaban J connectivity index is 2.06. The minimum Gasteiger partial charge on any atom is -0.350 e. The van der Waals surface area contributed by atoms with Crippen molar-refractivity contribution in [2.75, 3.05) is 13.1 Å². The van der Waals surface area contributed by atoms with E-state index in [9.17, 15) is 4.79 Å². The number of fused-ring (bicyclic) bond motifs is 1. The predicted octanol–water partition coefficient (Wildman–Crippen LogP) is 1.26. The zero-order chi connectivity index (χ0) is 13.8. The van der Waals surface area contributed by atoms with Crippen molar-refractivity contribution in [3.8, 4) is 0 Å². The second kappa shape index (κ2) is 5.79. The Labute approximate surface area is 111 Å². The molecule has 2 aromatic heterocycles. The summed E-state index contributed by atoms with van der Waals surface area (Å²) in [5.41, 5.74) is 1.70. The maximum atomic E-state index is 12.0. The van der Waals surface area contributed by atoms with E-state index in [0.29, 0.717) is 17.8 Å². The minimum atomic E-state index is -0.139. The standard InChI is InChI=1S/C13H18N4O2/c1-4-14-8(2)6-15-12(18)10-5-11-9(3)17-19-13(11)16-7-10/h5,7-8,14H,4,6H2,1-3H3,(H,15,18)/t8-/m1/s1. The fourth-order valence-corrected chi connectivity index (χ4v) is 1.84. The lowest BCUT2D eigenvalue weighted by atomic mass is 10.2.